The number of carbonyl (C=O) groups excluding carboxylic acids is 1. The van der Waals surface area contributed by atoms with E-state index in [2.05, 4.69) is 34.5 Å². The molecule has 164 valence electrons. The Morgan fingerprint density at radius 1 is 1.06 bits per heavy atom. The first-order valence-electron chi connectivity index (χ1n) is 10.3. The highest BCUT2D eigenvalue weighted by atomic mass is 19.1. The summed E-state index contributed by atoms with van der Waals surface area (Å²) in [6.45, 7) is 2.64. The number of amides is 1. The zero-order valence-electron chi connectivity index (χ0n) is 17.5. The van der Waals surface area contributed by atoms with Gasteiger partial charge in [-0.05, 0) is 29.7 Å². The number of hydrogen-bond donors (Lipinski definition) is 1. The lowest BCUT2D eigenvalue weighted by Gasteiger charge is -2.09. The molecule has 0 atom stereocenters. The Balaban J connectivity index is 1.35. The van der Waals surface area contributed by atoms with Crippen molar-refractivity contribution in [2.45, 2.75) is 32.7 Å². The normalized spacial score (nSPS) is 11.0. The molecule has 2 aromatic carbocycles. The largest absolute Gasteiger partial charge is 0.441 e. The monoisotopic (exact) mass is 436 g/mol. The van der Waals surface area contributed by atoms with E-state index in [1.165, 1.54) is 17.8 Å². The minimum atomic E-state index is -0.733. The minimum absolute atomic E-state index is 0.0109. The van der Waals surface area contributed by atoms with Crippen molar-refractivity contribution in [1.82, 2.24) is 14.8 Å². The van der Waals surface area contributed by atoms with Crippen LogP contribution in [0.3, 0.4) is 0 Å². The summed E-state index contributed by atoms with van der Waals surface area (Å²) in [5.74, 6) is -0.919. The van der Waals surface area contributed by atoms with Gasteiger partial charge in [-0.2, -0.15) is 5.10 Å². The number of oxazole rings is 1. The van der Waals surface area contributed by atoms with Gasteiger partial charge in [0.1, 0.15) is 17.5 Å². The van der Waals surface area contributed by atoms with E-state index in [9.17, 15) is 13.6 Å². The fourth-order valence-corrected chi connectivity index (χ4v) is 3.32. The van der Waals surface area contributed by atoms with Crippen molar-refractivity contribution in [2.75, 3.05) is 5.32 Å². The van der Waals surface area contributed by atoms with E-state index in [4.69, 9.17) is 4.42 Å². The maximum atomic E-state index is 13.9. The van der Waals surface area contributed by atoms with Crippen LogP contribution in [0.2, 0.25) is 0 Å². The lowest BCUT2D eigenvalue weighted by molar-refractivity contribution is -0.116. The quantitative estimate of drug-likeness (QED) is 0.422. The topological polar surface area (TPSA) is 73.0 Å². The maximum absolute atomic E-state index is 13.9. The van der Waals surface area contributed by atoms with Gasteiger partial charge >= 0.3 is 0 Å². The van der Waals surface area contributed by atoms with Crippen molar-refractivity contribution >= 4 is 11.7 Å². The molecule has 0 spiro atoms. The Morgan fingerprint density at radius 2 is 1.78 bits per heavy atom. The molecule has 0 radical (unpaired) electrons. The fourth-order valence-electron chi connectivity index (χ4n) is 3.32. The molecule has 0 aliphatic rings. The summed E-state index contributed by atoms with van der Waals surface area (Å²) in [4.78, 5) is 16.4. The molecule has 6 nitrogen and oxygen atoms in total. The molecule has 8 heteroatoms. The van der Waals surface area contributed by atoms with Crippen LogP contribution in [0.4, 0.5) is 14.6 Å². The third kappa shape index (κ3) is 4.91. The van der Waals surface area contributed by atoms with Crippen LogP contribution in [-0.2, 0) is 24.2 Å². The molecule has 0 bridgehead atoms. The Morgan fingerprint density at radius 3 is 2.50 bits per heavy atom. The second-order valence-electron chi connectivity index (χ2n) is 7.31. The molecule has 0 aliphatic heterocycles. The van der Waals surface area contributed by atoms with E-state index in [0.29, 0.717) is 12.4 Å². The van der Waals surface area contributed by atoms with Gasteiger partial charge in [-0.15, -0.1) is 0 Å². The Bertz CT molecular complexity index is 1190. The van der Waals surface area contributed by atoms with Crippen LogP contribution < -0.4 is 5.32 Å². The van der Waals surface area contributed by atoms with Gasteiger partial charge in [0.25, 0.3) is 0 Å². The molecular weight excluding hydrogens is 414 g/mol. The van der Waals surface area contributed by atoms with E-state index in [1.807, 2.05) is 12.1 Å². The molecule has 2 aromatic heterocycles. The minimum Gasteiger partial charge on any atom is -0.441 e. The second kappa shape index (κ2) is 9.55. The predicted molar refractivity (Wildman–Crippen MR) is 116 cm³/mol. The van der Waals surface area contributed by atoms with Gasteiger partial charge in [0.05, 0.1) is 24.5 Å². The number of aromatic nitrogens is 3. The highest BCUT2D eigenvalue weighted by molar-refractivity contribution is 5.89. The number of benzene rings is 2. The van der Waals surface area contributed by atoms with Crippen molar-refractivity contribution in [2.24, 2.45) is 0 Å². The summed E-state index contributed by atoms with van der Waals surface area (Å²) in [6, 6.07) is 13.5. The van der Waals surface area contributed by atoms with Crippen molar-refractivity contribution in [3.05, 3.63) is 89.6 Å². The lowest BCUT2D eigenvalue weighted by atomic mass is 10.1. The third-order valence-corrected chi connectivity index (χ3v) is 5.08. The van der Waals surface area contributed by atoms with Gasteiger partial charge in [-0.1, -0.05) is 37.3 Å². The second-order valence-corrected chi connectivity index (χ2v) is 7.31. The third-order valence-electron chi connectivity index (χ3n) is 5.08. The van der Waals surface area contributed by atoms with Crippen molar-refractivity contribution in [3.63, 3.8) is 0 Å². The van der Waals surface area contributed by atoms with Crippen molar-refractivity contribution in [1.29, 1.82) is 0 Å². The van der Waals surface area contributed by atoms with Crippen LogP contribution >= 0.6 is 0 Å². The van der Waals surface area contributed by atoms with Gasteiger partial charge in [-0.3, -0.25) is 4.79 Å². The number of carbonyl (C=O) groups is 1. The fraction of sp³-hybridized carbons (Fsp3) is 0.208. The number of nitrogens with zero attached hydrogens (tertiary/aromatic N) is 3. The average Bonchev–Trinajstić information content (AvgIpc) is 3.42. The molecule has 0 aliphatic carbocycles. The summed E-state index contributed by atoms with van der Waals surface area (Å²) >= 11 is 0. The molecule has 4 aromatic rings. The molecule has 0 saturated heterocycles. The molecular formula is C24H22F2N4O2. The van der Waals surface area contributed by atoms with Crippen LogP contribution in [0, 0.1) is 11.6 Å². The van der Waals surface area contributed by atoms with E-state index in [-0.39, 0.29) is 36.0 Å². The average molecular weight is 436 g/mol. The molecule has 1 amide bonds. The first-order valence-corrected chi connectivity index (χ1v) is 10.3. The standard InChI is InChI=1S/C24H22F2N4O2/c1-2-16-6-8-17(9-7-16)15-30-21(12-13-28-30)29-22(31)10-11-23-27-14-20(32-23)24-18(25)4-3-5-19(24)26/h3-9,12-14H,2,10-11,15H2,1H3,(H,29,31). The molecule has 32 heavy (non-hydrogen) atoms. The first kappa shape index (κ1) is 21.4. The van der Waals surface area contributed by atoms with E-state index >= 15 is 0 Å². The lowest BCUT2D eigenvalue weighted by Crippen LogP contribution is -2.16. The van der Waals surface area contributed by atoms with Gasteiger partial charge in [0, 0.05) is 18.9 Å². The van der Waals surface area contributed by atoms with E-state index in [1.54, 1.807) is 16.9 Å². The summed E-state index contributed by atoms with van der Waals surface area (Å²) < 4.78 is 35.0. The first-order chi connectivity index (χ1) is 15.5. The summed E-state index contributed by atoms with van der Waals surface area (Å²) in [6.07, 6.45) is 4.14. The SMILES string of the molecule is CCc1ccc(Cn2nccc2NC(=O)CCc2ncc(-c3c(F)cccc3F)o2)cc1. The van der Waals surface area contributed by atoms with Crippen molar-refractivity contribution in [3.8, 4) is 11.3 Å². The van der Waals surface area contributed by atoms with Crippen LogP contribution in [0.15, 0.2) is 65.3 Å². The molecule has 4 rings (SSSR count). The van der Waals surface area contributed by atoms with E-state index < -0.39 is 11.6 Å². The van der Waals surface area contributed by atoms with Crippen LogP contribution in [0.5, 0.6) is 0 Å². The van der Waals surface area contributed by atoms with Crippen LogP contribution in [-0.4, -0.2) is 20.7 Å². The zero-order valence-corrected chi connectivity index (χ0v) is 17.5. The Labute approximate surface area is 183 Å². The van der Waals surface area contributed by atoms with E-state index in [0.717, 1.165) is 24.1 Å². The molecule has 0 saturated carbocycles. The van der Waals surface area contributed by atoms with Crippen LogP contribution in [0.1, 0.15) is 30.4 Å². The number of rotatable bonds is 8. The summed E-state index contributed by atoms with van der Waals surface area (Å²) in [5, 5.41) is 7.11. The zero-order chi connectivity index (χ0) is 22.5. The van der Waals surface area contributed by atoms with Gasteiger partial charge in [0.2, 0.25) is 5.91 Å². The molecule has 1 N–H and O–H groups in total. The number of halogens is 2. The Kier molecular flexibility index (Phi) is 6.39. The molecule has 0 unspecified atom stereocenters. The Hall–Kier alpha value is -3.81. The maximum Gasteiger partial charge on any atom is 0.226 e. The predicted octanol–water partition coefficient (Wildman–Crippen LogP) is 5.00. The summed E-state index contributed by atoms with van der Waals surface area (Å²) in [5.41, 5.74) is 2.07. The van der Waals surface area contributed by atoms with Gasteiger partial charge < -0.3 is 9.73 Å². The summed E-state index contributed by atoms with van der Waals surface area (Å²) in [7, 11) is 0. The van der Waals surface area contributed by atoms with Crippen molar-refractivity contribution < 1.29 is 18.0 Å². The smallest absolute Gasteiger partial charge is 0.226 e. The van der Waals surface area contributed by atoms with Gasteiger partial charge in [0.15, 0.2) is 11.7 Å². The number of nitrogens with one attached hydrogen (secondary N) is 1. The highest BCUT2D eigenvalue weighted by Gasteiger charge is 2.16. The van der Waals surface area contributed by atoms with Gasteiger partial charge in [-0.25, -0.2) is 18.4 Å². The number of aryl methyl sites for hydroxylation is 2. The number of anilines is 1. The number of hydrogen-bond acceptors (Lipinski definition) is 4. The van der Waals surface area contributed by atoms with Crippen LogP contribution in [0.25, 0.3) is 11.3 Å². The molecule has 0 fully saturated rings. The highest BCUT2D eigenvalue weighted by Crippen LogP contribution is 2.26. The molecule has 2 heterocycles.